The maximum atomic E-state index is 12.1. The second-order valence-electron chi connectivity index (χ2n) is 4.77. The number of hydrogen-bond donors (Lipinski definition) is 2. The van der Waals surface area contributed by atoms with Crippen molar-refractivity contribution in [2.75, 3.05) is 27.7 Å². The second-order valence-corrected chi connectivity index (χ2v) is 6.54. The third-order valence-electron chi connectivity index (χ3n) is 2.87. The van der Waals surface area contributed by atoms with Crippen LogP contribution in [0.4, 0.5) is 0 Å². The summed E-state index contributed by atoms with van der Waals surface area (Å²) in [5.41, 5.74) is 0.347. The van der Waals surface area contributed by atoms with Crippen LogP contribution in [0.15, 0.2) is 29.2 Å². The van der Waals surface area contributed by atoms with Crippen molar-refractivity contribution in [1.82, 2.24) is 14.9 Å². The molecule has 1 aromatic rings. The number of amides is 1. The smallest absolute Gasteiger partial charge is 0.253 e. The van der Waals surface area contributed by atoms with Gasteiger partial charge in [0.15, 0.2) is 0 Å². The number of carbonyl (C=O) groups is 1. The van der Waals surface area contributed by atoms with E-state index in [2.05, 4.69) is 10.0 Å². The van der Waals surface area contributed by atoms with Crippen LogP contribution in [0.1, 0.15) is 17.3 Å². The summed E-state index contributed by atoms with van der Waals surface area (Å²) in [6.07, 6.45) is 0. The molecule has 1 unspecified atom stereocenters. The predicted octanol–water partition coefficient (Wildman–Crippen LogP) is 0.696. The fourth-order valence-electron chi connectivity index (χ4n) is 1.47. The Morgan fingerprint density at radius 1 is 1.33 bits per heavy atom. The average Bonchev–Trinajstić information content (AvgIpc) is 2.44. The van der Waals surface area contributed by atoms with Crippen LogP contribution in [0.25, 0.3) is 0 Å². The number of likely N-dealkylation sites (N-methyl/N-ethyl adjacent to an activating group) is 1. The van der Waals surface area contributed by atoms with E-state index < -0.39 is 10.0 Å². The van der Waals surface area contributed by atoms with Crippen LogP contribution in [0, 0.1) is 0 Å². The van der Waals surface area contributed by atoms with E-state index in [1.807, 2.05) is 6.92 Å². The highest BCUT2D eigenvalue weighted by atomic mass is 35.5. The fraction of sp³-hybridized carbons (Fsp3) is 0.462. The number of nitrogens with zero attached hydrogens (tertiary/aromatic N) is 1. The van der Waals surface area contributed by atoms with Gasteiger partial charge in [-0.1, -0.05) is 6.07 Å². The van der Waals surface area contributed by atoms with Crippen LogP contribution in [0.5, 0.6) is 0 Å². The second kappa shape index (κ2) is 8.33. The number of carbonyl (C=O) groups excluding carboxylic acids is 1. The maximum Gasteiger partial charge on any atom is 0.253 e. The highest BCUT2D eigenvalue weighted by Crippen LogP contribution is 2.12. The lowest BCUT2D eigenvalue weighted by Crippen LogP contribution is -2.37. The summed E-state index contributed by atoms with van der Waals surface area (Å²) in [5.74, 6) is -0.231. The van der Waals surface area contributed by atoms with Crippen molar-refractivity contribution in [1.29, 1.82) is 0 Å². The Morgan fingerprint density at radius 3 is 2.48 bits per heavy atom. The molecular weight excluding hydrogens is 314 g/mol. The lowest BCUT2D eigenvalue weighted by Gasteiger charge is -2.13. The van der Waals surface area contributed by atoms with Crippen molar-refractivity contribution >= 4 is 28.3 Å². The lowest BCUT2D eigenvalue weighted by molar-refractivity contribution is 0.0827. The molecule has 8 heteroatoms. The first kappa shape index (κ1) is 19.9. The van der Waals surface area contributed by atoms with E-state index in [4.69, 9.17) is 0 Å². The predicted molar refractivity (Wildman–Crippen MR) is 85.4 cm³/mol. The van der Waals surface area contributed by atoms with Crippen molar-refractivity contribution in [3.63, 3.8) is 0 Å². The minimum atomic E-state index is -3.61. The maximum absolute atomic E-state index is 12.1. The molecule has 0 aliphatic carbocycles. The number of benzene rings is 1. The molecule has 0 heterocycles. The van der Waals surface area contributed by atoms with Crippen LogP contribution in [-0.2, 0) is 10.0 Å². The molecule has 1 rings (SSSR count). The summed E-state index contributed by atoms with van der Waals surface area (Å²) >= 11 is 0. The van der Waals surface area contributed by atoms with E-state index in [0.29, 0.717) is 5.56 Å². The van der Waals surface area contributed by atoms with Gasteiger partial charge in [0, 0.05) is 32.2 Å². The average molecular weight is 336 g/mol. The van der Waals surface area contributed by atoms with Crippen LogP contribution in [-0.4, -0.2) is 53.0 Å². The molecule has 0 radical (unpaired) electrons. The zero-order valence-corrected chi connectivity index (χ0v) is 14.2. The van der Waals surface area contributed by atoms with E-state index >= 15 is 0 Å². The fourth-order valence-corrected chi connectivity index (χ4v) is 2.65. The Bertz CT molecular complexity index is 576. The Hall–Kier alpha value is -1.15. The van der Waals surface area contributed by atoms with Gasteiger partial charge in [-0.05, 0) is 32.2 Å². The quantitative estimate of drug-likeness (QED) is 0.802. The summed E-state index contributed by atoms with van der Waals surface area (Å²) in [5, 5.41) is 2.95. The Morgan fingerprint density at radius 2 is 1.95 bits per heavy atom. The molecule has 1 amide bonds. The monoisotopic (exact) mass is 335 g/mol. The minimum absolute atomic E-state index is 0. The van der Waals surface area contributed by atoms with Gasteiger partial charge in [-0.2, -0.15) is 0 Å². The molecule has 1 atom stereocenters. The number of sulfonamides is 1. The molecule has 0 bridgehead atoms. The number of nitrogens with one attached hydrogen (secondary N) is 2. The molecule has 1 aromatic carbocycles. The molecule has 0 aromatic heterocycles. The zero-order valence-electron chi connectivity index (χ0n) is 12.6. The van der Waals surface area contributed by atoms with Crippen molar-refractivity contribution in [3.05, 3.63) is 29.8 Å². The first-order valence-electron chi connectivity index (χ1n) is 6.26. The molecule has 0 saturated heterocycles. The third-order valence-corrected chi connectivity index (χ3v) is 4.29. The van der Waals surface area contributed by atoms with Crippen LogP contribution in [0.3, 0.4) is 0 Å². The van der Waals surface area contributed by atoms with E-state index in [-0.39, 0.29) is 35.8 Å². The van der Waals surface area contributed by atoms with E-state index in [1.54, 1.807) is 33.3 Å². The van der Waals surface area contributed by atoms with Crippen molar-refractivity contribution < 1.29 is 13.2 Å². The lowest BCUT2D eigenvalue weighted by atomic mass is 10.2. The summed E-state index contributed by atoms with van der Waals surface area (Å²) in [4.78, 5) is 13.3. The Balaban J connectivity index is 0.00000400. The molecule has 0 fully saturated rings. The van der Waals surface area contributed by atoms with Crippen molar-refractivity contribution in [2.24, 2.45) is 0 Å². The van der Waals surface area contributed by atoms with Gasteiger partial charge in [-0.3, -0.25) is 4.79 Å². The summed E-state index contributed by atoms with van der Waals surface area (Å²) in [6.45, 7) is 2.15. The summed E-state index contributed by atoms with van der Waals surface area (Å²) in [7, 11) is 1.39. The molecule has 0 aliphatic heterocycles. The standard InChI is InChI=1S/C13H21N3O3S.ClH/c1-10(14-2)9-15-20(18,19)12-7-5-6-11(8-12)13(17)16(3)4;/h5-8,10,14-15H,9H2,1-4H3;1H. The summed E-state index contributed by atoms with van der Waals surface area (Å²) in [6, 6.07) is 6.04. The highest BCUT2D eigenvalue weighted by molar-refractivity contribution is 7.89. The number of halogens is 1. The molecule has 2 N–H and O–H groups in total. The van der Waals surface area contributed by atoms with Gasteiger partial charge in [-0.25, -0.2) is 13.1 Å². The molecule has 21 heavy (non-hydrogen) atoms. The van der Waals surface area contributed by atoms with Gasteiger partial charge in [0.25, 0.3) is 5.91 Å². The van der Waals surface area contributed by atoms with Crippen molar-refractivity contribution in [2.45, 2.75) is 17.9 Å². The van der Waals surface area contributed by atoms with Gasteiger partial charge in [0.05, 0.1) is 4.90 Å². The van der Waals surface area contributed by atoms with E-state index in [0.717, 1.165) is 0 Å². The van der Waals surface area contributed by atoms with Crippen LogP contribution < -0.4 is 10.0 Å². The first-order valence-corrected chi connectivity index (χ1v) is 7.75. The molecular formula is C13H22ClN3O3S. The minimum Gasteiger partial charge on any atom is -0.345 e. The van der Waals surface area contributed by atoms with Crippen LogP contribution in [0.2, 0.25) is 0 Å². The molecule has 0 saturated carbocycles. The van der Waals surface area contributed by atoms with Gasteiger partial charge in [-0.15, -0.1) is 12.4 Å². The number of hydrogen-bond acceptors (Lipinski definition) is 4. The van der Waals surface area contributed by atoms with Gasteiger partial charge in [0.1, 0.15) is 0 Å². The molecule has 0 aliphatic rings. The van der Waals surface area contributed by atoms with Crippen molar-refractivity contribution in [3.8, 4) is 0 Å². The normalized spacial score (nSPS) is 12.4. The zero-order chi connectivity index (χ0) is 15.3. The molecule has 6 nitrogen and oxygen atoms in total. The van der Waals surface area contributed by atoms with Gasteiger partial charge < -0.3 is 10.2 Å². The Labute approximate surface area is 132 Å². The number of rotatable bonds is 6. The molecule has 120 valence electrons. The summed E-state index contributed by atoms with van der Waals surface area (Å²) < 4.78 is 26.8. The molecule has 0 spiro atoms. The largest absolute Gasteiger partial charge is 0.345 e. The third kappa shape index (κ3) is 5.62. The van der Waals surface area contributed by atoms with E-state index in [1.165, 1.54) is 17.0 Å². The van der Waals surface area contributed by atoms with Crippen LogP contribution >= 0.6 is 12.4 Å². The topological polar surface area (TPSA) is 78.5 Å². The van der Waals surface area contributed by atoms with E-state index in [9.17, 15) is 13.2 Å². The SMILES string of the molecule is CNC(C)CNS(=O)(=O)c1cccc(C(=O)N(C)C)c1.Cl. The highest BCUT2D eigenvalue weighted by Gasteiger charge is 2.17. The van der Waals surface area contributed by atoms with Gasteiger partial charge >= 0.3 is 0 Å². The Kier molecular flexibility index (Phi) is 7.87. The van der Waals surface area contributed by atoms with Gasteiger partial charge in [0.2, 0.25) is 10.0 Å². The first-order chi connectivity index (χ1) is 9.27.